The predicted octanol–water partition coefficient (Wildman–Crippen LogP) is 2.15. The summed E-state index contributed by atoms with van der Waals surface area (Å²) < 4.78 is 6.26. The van der Waals surface area contributed by atoms with E-state index in [0.717, 1.165) is 15.9 Å². The van der Waals surface area contributed by atoms with Crippen molar-refractivity contribution >= 4 is 15.9 Å². The van der Waals surface area contributed by atoms with E-state index in [0.29, 0.717) is 6.61 Å². The third-order valence-electron chi connectivity index (χ3n) is 1.66. The second kappa shape index (κ2) is 4.23. The number of aromatic amines is 1. The Labute approximate surface area is 89.5 Å². The Hall–Kier alpha value is -1.36. The van der Waals surface area contributed by atoms with Gasteiger partial charge in [-0.2, -0.15) is 5.10 Å². The standard InChI is InChI=1S/C9H8BrN3O/c10-9-2-1-8(5-11-9)14-6-7-3-12-13-4-7/h1-5H,6H2,(H,12,13). The van der Waals surface area contributed by atoms with Crippen LogP contribution in [0.4, 0.5) is 0 Å². The van der Waals surface area contributed by atoms with Gasteiger partial charge < -0.3 is 4.74 Å². The molecule has 0 amide bonds. The molecule has 0 saturated heterocycles. The van der Waals surface area contributed by atoms with Gasteiger partial charge in [0.05, 0.1) is 12.4 Å². The Morgan fingerprint density at radius 2 is 2.29 bits per heavy atom. The summed E-state index contributed by atoms with van der Waals surface area (Å²) in [4.78, 5) is 4.05. The SMILES string of the molecule is Brc1ccc(OCc2cn[nH]c2)cn1. The van der Waals surface area contributed by atoms with Crippen molar-refractivity contribution in [2.45, 2.75) is 6.61 Å². The van der Waals surface area contributed by atoms with E-state index in [1.165, 1.54) is 0 Å². The Morgan fingerprint density at radius 1 is 1.36 bits per heavy atom. The number of hydrogen-bond donors (Lipinski definition) is 1. The highest BCUT2D eigenvalue weighted by Gasteiger charge is 1.96. The van der Waals surface area contributed by atoms with Gasteiger partial charge in [0.15, 0.2) is 0 Å². The zero-order valence-corrected chi connectivity index (χ0v) is 8.86. The minimum atomic E-state index is 0.500. The van der Waals surface area contributed by atoms with Gasteiger partial charge in [-0.3, -0.25) is 5.10 Å². The summed E-state index contributed by atoms with van der Waals surface area (Å²) >= 11 is 3.25. The lowest BCUT2D eigenvalue weighted by Gasteiger charge is -2.02. The van der Waals surface area contributed by atoms with Crippen LogP contribution in [0, 0.1) is 0 Å². The lowest BCUT2D eigenvalue weighted by Crippen LogP contribution is -1.93. The highest BCUT2D eigenvalue weighted by molar-refractivity contribution is 9.10. The molecule has 0 aliphatic rings. The maximum Gasteiger partial charge on any atom is 0.138 e. The minimum Gasteiger partial charge on any atom is -0.487 e. The predicted molar refractivity (Wildman–Crippen MR) is 54.9 cm³/mol. The van der Waals surface area contributed by atoms with Gasteiger partial charge in [-0.05, 0) is 28.1 Å². The Balaban J connectivity index is 1.95. The molecule has 0 fully saturated rings. The molecule has 5 heteroatoms. The van der Waals surface area contributed by atoms with Gasteiger partial charge in [-0.1, -0.05) is 0 Å². The quantitative estimate of drug-likeness (QED) is 0.854. The molecule has 4 nitrogen and oxygen atoms in total. The Bertz CT molecular complexity index is 385. The number of nitrogens with zero attached hydrogens (tertiary/aromatic N) is 2. The summed E-state index contributed by atoms with van der Waals surface area (Å²) in [6.07, 6.45) is 5.20. The van der Waals surface area contributed by atoms with Gasteiger partial charge in [0.25, 0.3) is 0 Å². The van der Waals surface area contributed by atoms with Crippen LogP contribution in [0.2, 0.25) is 0 Å². The van der Waals surface area contributed by atoms with Crippen LogP contribution in [-0.4, -0.2) is 15.2 Å². The van der Waals surface area contributed by atoms with Crippen LogP contribution >= 0.6 is 15.9 Å². The number of ether oxygens (including phenoxy) is 1. The number of H-pyrrole nitrogens is 1. The monoisotopic (exact) mass is 253 g/mol. The van der Waals surface area contributed by atoms with Gasteiger partial charge in [-0.25, -0.2) is 4.98 Å². The topological polar surface area (TPSA) is 50.8 Å². The first-order valence-corrected chi connectivity index (χ1v) is 4.86. The second-order valence-corrected chi connectivity index (χ2v) is 3.52. The Morgan fingerprint density at radius 3 is 2.93 bits per heavy atom. The first-order chi connectivity index (χ1) is 6.84. The summed E-state index contributed by atoms with van der Waals surface area (Å²) in [5.74, 6) is 0.745. The van der Waals surface area contributed by atoms with Crippen molar-refractivity contribution in [2.24, 2.45) is 0 Å². The molecule has 0 aliphatic heterocycles. The molecular weight excluding hydrogens is 246 g/mol. The fraction of sp³-hybridized carbons (Fsp3) is 0.111. The highest BCUT2D eigenvalue weighted by Crippen LogP contribution is 2.13. The molecule has 0 unspecified atom stereocenters. The molecular formula is C9H8BrN3O. The molecule has 2 heterocycles. The normalized spacial score (nSPS) is 10.1. The van der Waals surface area contributed by atoms with E-state index in [9.17, 15) is 0 Å². The van der Waals surface area contributed by atoms with Crippen LogP contribution in [0.15, 0.2) is 35.3 Å². The van der Waals surface area contributed by atoms with Crippen molar-refractivity contribution in [3.05, 3.63) is 40.9 Å². The summed E-state index contributed by atoms with van der Waals surface area (Å²) in [6.45, 7) is 0.500. The van der Waals surface area contributed by atoms with Crippen LogP contribution in [0.5, 0.6) is 5.75 Å². The highest BCUT2D eigenvalue weighted by atomic mass is 79.9. The minimum absolute atomic E-state index is 0.500. The zero-order chi connectivity index (χ0) is 9.80. The maximum absolute atomic E-state index is 5.46. The van der Waals surface area contributed by atoms with Crippen molar-refractivity contribution in [3.63, 3.8) is 0 Å². The van der Waals surface area contributed by atoms with E-state index in [1.807, 2.05) is 12.1 Å². The van der Waals surface area contributed by atoms with Crippen LogP contribution in [-0.2, 0) is 6.61 Å². The van der Waals surface area contributed by atoms with E-state index in [2.05, 4.69) is 31.1 Å². The fourth-order valence-corrected chi connectivity index (χ4v) is 1.21. The molecule has 72 valence electrons. The average Bonchev–Trinajstić information content (AvgIpc) is 2.70. The van der Waals surface area contributed by atoms with Crippen molar-refractivity contribution in [3.8, 4) is 5.75 Å². The first kappa shape index (κ1) is 9.21. The molecule has 0 aromatic carbocycles. The molecule has 0 atom stereocenters. The molecule has 2 rings (SSSR count). The van der Waals surface area contributed by atoms with E-state index in [-0.39, 0.29) is 0 Å². The fourth-order valence-electron chi connectivity index (χ4n) is 0.971. The first-order valence-electron chi connectivity index (χ1n) is 4.06. The number of halogens is 1. The Kier molecular flexibility index (Phi) is 2.78. The average molecular weight is 254 g/mol. The van der Waals surface area contributed by atoms with Crippen LogP contribution in [0.1, 0.15) is 5.56 Å². The summed E-state index contributed by atoms with van der Waals surface area (Å²) in [5, 5.41) is 6.54. The molecule has 0 saturated carbocycles. The smallest absolute Gasteiger partial charge is 0.138 e. The van der Waals surface area contributed by atoms with Gasteiger partial charge in [0.1, 0.15) is 17.0 Å². The summed E-state index contributed by atoms with van der Waals surface area (Å²) in [7, 11) is 0. The van der Waals surface area contributed by atoms with E-state index < -0.39 is 0 Å². The maximum atomic E-state index is 5.46. The molecule has 0 spiro atoms. The molecule has 2 aromatic heterocycles. The number of nitrogens with one attached hydrogen (secondary N) is 1. The van der Waals surface area contributed by atoms with Gasteiger partial charge in [0, 0.05) is 11.8 Å². The zero-order valence-electron chi connectivity index (χ0n) is 7.27. The number of hydrogen-bond acceptors (Lipinski definition) is 3. The van der Waals surface area contributed by atoms with Crippen LogP contribution in [0.25, 0.3) is 0 Å². The third kappa shape index (κ3) is 2.32. The van der Waals surface area contributed by atoms with Gasteiger partial charge in [0.2, 0.25) is 0 Å². The largest absolute Gasteiger partial charge is 0.487 e. The molecule has 0 radical (unpaired) electrons. The molecule has 1 N–H and O–H groups in total. The molecule has 14 heavy (non-hydrogen) atoms. The van der Waals surface area contributed by atoms with Gasteiger partial charge >= 0.3 is 0 Å². The lowest BCUT2D eigenvalue weighted by atomic mass is 10.4. The van der Waals surface area contributed by atoms with Crippen molar-refractivity contribution in [1.82, 2.24) is 15.2 Å². The molecule has 2 aromatic rings. The number of rotatable bonds is 3. The van der Waals surface area contributed by atoms with E-state index >= 15 is 0 Å². The van der Waals surface area contributed by atoms with E-state index in [1.54, 1.807) is 18.6 Å². The van der Waals surface area contributed by atoms with Crippen molar-refractivity contribution in [1.29, 1.82) is 0 Å². The van der Waals surface area contributed by atoms with Crippen molar-refractivity contribution < 1.29 is 4.74 Å². The van der Waals surface area contributed by atoms with E-state index in [4.69, 9.17) is 4.74 Å². The van der Waals surface area contributed by atoms with Crippen LogP contribution in [0.3, 0.4) is 0 Å². The van der Waals surface area contributed by atoms with Crippen LogP contribution < -0.4 is 4.74 Å². The van der Waals surface area contributed by atoms with Gasteiger partial charge in [-0.15, -0.1) is 0 Å². The molecule has 0 bridgehead atoms. The number of aromatic nitrogens is 3. The summed E-state index contributed by atoms with van der Waals surface area (Å²) in [6, 6.07) is 3.70. The number of pyridine rings is 1. The lowest BCUT2D eigenvalue weighted by molar-refractivity contribution is 0.305. The molecule has 0 aliphatic carbocycles. The summed E-state index contributed by atoms with van der Waals surface area (Å²) in [5.41, 5.74) is 1.01. The third-order valence-corrected chi connectivity index (χ3v) is 2.13. The second-order valence-electron chi connectivity index (χ2n) is 2.71. The van der Waals surface area contributed by atoms with Crippen molar-refractivity contribution in [2.75, 3.05) is 0 Å².